The predicted octanol–water partition coefficient (Wildman–Crippen LogP) is 1.29. The van der Waals surface area contributed by atoms with Crippen molar-refractivity contribution in [3.8, 4) is 5.75 Å². The first-order valence-electron chi connectivity index (χ1n) is 9.95. The summed E-state index contributed by atoms with van der Waals surface area (Å²) in [5, 5.41) is 8.28. The van der Waals surface area contributed by atoms with Crippen molar-refractivity contribution in [2.24, 2.45) is 4.99 Å². The van der Waals surface area contributed by atoms with Gasteiger partial charge in [0.15, 0.2) is 5.82 Å². The minimum atomic E-state index is -0.161. The number of nitrogens with one attached hydrogen (secondary N) is 3. The minimum Gasteiger partial charge on any atom is -0.491 e. The highest BCUT2D eigenvalue weighted by Gasteiger charge is 2.28. The van der Waals surface area contributed by atoms with Crippen molar-refractivity contribution >= 4 is 29.2 Å². The van der Waals surface area contributed by atoms with Crippen molar-refractivity contribution in [3.05, 3.63) is 35.8 Å². The summed E-state index contributed by atoms with van der Waals surface area (Å²) in [5.74, 6) is 1.29. The van der Waals surface area contributed by atoms with Gasteiger partial charge in [-0.25, -0.2) is 10.4 Å². The van der Waals surface area contributed by atoms with Crippen LogP contribution >= 0.6 is 0 Å². The van der Waals surface area contributed by atoms with Crippen LogP contribution in [0.2, 0.25) is 0 Å². The van der Waals surface area contributed by atoms with Gasteiger partial charge in [-0.15, -0.1) is 0 Å². The summed E-state index contributed by atoms with van der Waals surface area (Å²) in [6.07, 6.45) is 6.30. The molecule has 1 aromatic carbocycles. The smallest absolute Gasteiger partial charge is 0.256 e. The molecule has 0 aliphatic carbocycles. The number of carbonyl (C=O) groups is 1. The average Bonchev–Trinajstić information content (AvgIpc) is 3.06. The SMILES string of the molecule is O=C(Nc1cc2c(cc1N1CCOCC1)OCCCN2)C1=C2N=CC=CN2NC1. The molecule has 1 fully saturated rings. The van der Waals surface area contributed by atoms with Gasteiger partial charge in [-0.05, 0) is 18.6 Å². The Hall–Kier alpha value is -3.04. The molecule has 1 aromatic rings. The van der Waals surface area contributed by atoms with Crippen LogP contribution in [0.1, 0.15) is 6.42 Å². The van der Waals surface area contributed by atoms with Crippen LogP contribution in [0.15, 0.2) is 40.8 Å². The van der Waals surface area contributed by atoms with E-state index in [1.54, 1.807) is 11.2 Å². The molecule has 152 valence electrons. The second kappa shape index (κ2) is 7.76. The molecule has 0 unspecified atom stereocenters. The number of rotatable bonds is 3. The second-order valence-corrected chi connectivity index (χ2v) is 7.17. The van der Waals surface area contributed by atoms with Gasteiger partial charge < -0.3 is 25.0 Å². The Labute approximate surface area is 169 Å². The fraction of sp³-hybridized carbons (Fsp3) is 0.400. The third-order valence-corrected chi connectivity index (χ3v) is 5.31. The van der Waals surface area contributed by atoms with Gasteiger partial charge in [0.05, 0.1) is 42.5 Å². The maximum atomic E-state index is 13.1. The molecule has 1 saturated heterocycles. The molecule has 0 radical (unpaired) electrons. The van der Waals surface area contributed by atoms with Crippen LogP contribution in [0.4, 0.5) is 17.1 Å². The first kappa shape index (κ1) is 18.0. The Kier molecular flexibility index (Phi) is 4.82. The number of fused-ring (bicyclic) bond motifs is 2. The molecule has 0 aromatic heterocycles. The standard InChI is InChI=1S/C20H24N6O3/c27-20(14-13-23-26-5-1-3-22-19(14)26)24-15-11-16-18(29-8-2-4-21-16)12-17(15)25-6-9-28-10-7-25/h1,3,5,11-12,21,23H,2,4,6-10,13H2,(H,24,27). The van der Waals surface area contributed by atoms with Gasteiger partial charge in [-0.2, -0.15) is 0 Å². The molecule has 29 heavy (non-hydrogen) atoms. The molecule has 9 heteroatoms. The Morgan fingerprint density at radius 3 is 3.00 bits per heavy atom. The van der Waals surface area contributed by atoms with Gasteiger partial charge in [0.25, 0.3) is 5.91 Å². The Morgan fingerprint density at radius 2 is 2.10 bits per heavy atom. The third-order valence-electron chi connectivity index (χ3n) is 5.31. The number of benzene rings is 1. The van der Waals surface area contributed by atoms with E-state index in [0.29, 0.717) is 37.8 Å². The molecular weight excluding hydrogens is 372 g/mol. The number of carbonyl (C=O) groups excluding carboxylic acids is 1. The average molecular weight is 396 g/mol. The zero-order valence-electron chi connectivity index (χ0n) is 16.1. The molecule has 1 amide bonds. The van der Waals surface area contributed by atoms with Crippen LogP contribution in [-0.2, 0) is 9.53 Å². The Balaban J connectivity index is 1.48. The summed E-state index contributed by atoms with van der Waals surface area (Å²) >= 11 is 0. The third kappa shape index (κ3) is 3.54. The molecule has 3 N–H and O–H groups in total. The molecule has 0 atom stereocenters. The van der Waals surface area contributed by atoms with E-state index in [-0.39, 0.29) is 5.91 Å². The lowest BCUT2D eigenvalue weighted by Crippen LogP contribution is -2.37. The number of hydrogen-bond donors (Lipinski definition) is 3. The maximum absolute atomic E-state index is 13.1. The van der Waals surface area contributed by atoms with Crippen molar-refractivity contribution in [2.75, 3.05) is 61.5 Å². The molecule has 4 aliphatic heterocycles. The summed E-state index contributed by atoms with van der Waals surface area (Å²) < 4.78 is 11.4. The van der Waals surface area contributed by atoms with E-state index in [9.17, 15) is 4.79 Å². The number of anilines is 3. The zero-order valence-corrected chi connectivity index (χ0v) is 16.1. The molecule has 4 aliphatic rings. The van der Waals surface area contributed by atoms with Gasteiger partial charge in [0.1, 0.15) is 5.75 Å². The number of amides is 1. The van der Waals surface area contributed by atoms with E-state index in [4.69, 9.17) is 9.47 Å². The van der Waals surface area contributed by atoms with E-state index in [2.05, 4.69) is 26.0 Å². The quantitative estimate of drug-likeness (QED) is 0.709. The fourth-order valence-electron chi connectivity index (χ4n) is 3.81. The number of hydrazine groups is 1. The second-order valence-electron chi connectivity index (χ2n) is 7.17. The Morgan fingerprint density at radius 1 is 1.21 bits per heavy atom. The Bertz CT molecular complexity index is 904. The fourth-order valence-corrected chi connectivity index (χ4v) is 3.81. The highest BCUT2D eigenvalue weighted by atomic mass is 16.5. The maximum Gasteiger partial charge on any atom is 0.256 e. The summed E-state index contributed by atoms with van der Waals surface area (Å²) in [6.45, 7) is 4.82. The summed E-state index contributed by atoms with van der Waals surface area (Å²) in [4.78, 5) is 19.7. The number of morpholine rings is 1. The normalized spacial score (nSPS) is 20.6. The topological polar surface area (TPSA) is 90.5 Å². The first-order chi connectivity index (χ1) is 14.3. The molecule has 4 heterocycles. The van der Waals surface area contributed by atoms with Crippen LogP contribution < -0.4 is 25.7 Å². The number of nitrogens with zero attached hydrogens (tertiary/aromatic N) is 3. The van der Waals surface area contributed by atoms with E-state index in [1.165, 1.54) is 0 Å². The first-order valence-corrected chi connectivity index (χ1v) is 9.95. The lowest BCUT2D eigenvalue weighted by atomic mass is 10.1. The highest BCUT2D eigenvalue weighted by Crippen LogP contribution is 2.39. The molecule has 5 rings (SSSR count). The van der Waals surface area contributed by atoms with Crippen LogP contribution in [0.3, 0.4) is 0 Å². The van der Waals surface area contributed by atoms with Gasteiger partial charge in [-0.1, -0.05) is 0 Å². The van der Waals surface area contributed by atoms with E-state index in [1.807, 2.05) is 24.4 Å². The molecule has 9 nitrogen and oxygen atoms in total. The van der Waals surface area contributed by atoms with Crippen LogP contribution in [-0.4, -0.2) is 63.1 Å². The van der Waals surface area contributed by atoms with Crippen molar-refractivity contribution < 1.29 is 14.3 Å². The molecule has 0 spiro atoms. The summed E-state index contributed by atoms with van der Waals surface area (Å²) in [5.41, 5.74) is 6.37. The lowest BCUT2D eigenvalue weighted by molar-refractivity contribution is -0.112. The molecule has 0 bridgehead atoms. The van der Waals surface area contributed by atoms with E-state index < -0.39 is 0 Å². The van der Waals surface area contributed by atoms with Gasteiger partial charge in [-0.3, -0.25) is 9.80 Å². The van der Waals surface area contributed by atoms with Crippen LogP contribution in [0.5, 0.6) is 5.75 Å². The summed E-state index contributed by atoms with van der Waals surface area (Å²) in [6, 6.07) is 3.99. The summed E-state index contributed by atoms with van der Waals surface area (Å²) in [7, 11) is 0. The van der Waals surface area contributed by atoms with E-state index >= 15 is 0 Å². The van der Waals surface area contributed by atoms with Crippen LogP contribution in [0.25, 0.3) is 0 Å². The minimum absolute atomic E-state index is 0.161. The number of allylic oxidation sites excluding steroid dienone is 1. The predicted molar refractivity (Wildman–Crippen MR) is 111 cm³/mol. The van der Waals surface area contributed by atoms with Crippen molar-refractivity contribution in [1.82, 2.24) is 10.4 Å². The van der Waals surface area contributed by atoms with E-state index in [0.717, 1.165) is 48.9 Å². The molecule has 0 saturated carbocycles. The van der Waals surface area contributed by atoms with Gasteiger partial charge in [0.2, 0.25) is 0 Å². The van der Waals surface area contributed by atoms with Crippen LogP contribution in [0, 0.1) is 0 Å². The largest absolute Gasteiger partial charge is 0.491 e. The van der Waals surface area contributed by atoms with Gasteiger partial charge >= 0.3 is 0 Å². The number of hydrogen-bond acceptors (Lipinski definition) is 8. The van der Waals surface area contributed by atoms with Crippen molar-refractivity contribution in [2.45, 2.75) is 6.42 Å². The lowest BCUT2D eigenvalue weighted by Gasteiger charge is -2.31. The van der Waals surface area contributed by atoms with Crippen molar-refractivity contribution in [3.63, 3.8) is 0 Å². The molecular formula is C20H24N6O3. The monoisotopic (exact) mass is 396 g/mol. The number of aliphatic imine (C=N–C) groups is 1. The number of ether oxygens (including phenoxy) is 2. The zero-order chi connectivity index (χ0) is 19.6. The van der Waals surface area contributed by atoms with Gasteiger partial charge in [0, 0.05) is 44.7 Å². The highest BCUT2D eigenvalue weighted by molar-refractivity contribution is 6.07. The van der Waals surface area contributed by atoms with Crippen molar-refractivity contribution in [1.29, 1.82) is 0 Å².